The molecule has 0 unspecified atom stereocenters. The fourth-order valence-corrected chi connectivity index (χ4v) is 3.29. The van der Waals surface area contributed by atoms with Crippen LogP contribution in [0, 0.1) is 0 Å². The van der Waals surface area contributed by atoms with Crippen molar-refractivity contribution in [2.45, 2.75) is 43.1 Å². The van der Waals surface area contributed by atoms with Crippen molar-refractivity contribution in [1.82, 2.24) is 19.9 Å². The van der Waals surface area contributed by atoms with Crippen LogP contribution in [0.3, 0.4) is 0 Å². The normalized spacial score (nSPS) is 14.6. The number of aromatic nitrogens is 4. The van der Waals surface area contributed by atoms with Crippen LogP contribution in [0.5, 0.6) is 0 Å². The molecule has 1 aliphatic rings. The second-order valence-electron chi connectivity index (χ2n) is 5.31. The van der Waals surface area contributed by atoms with Crippen LogP contribution < -0.4 is 0 Å². The lowest BCUT2D eigenvalue weighted by molar-refractivity contribution is 0.413. The van der Waals surface area contributed by atoms with Crippen molar-refractivity contribution < 1.29 is 8.94 Å². The second-order valence-corrected chi connectivity index (χ2v) is 6.25. The first kappa shape index (κ1) is 13.6. The molecule has 1 saturated carbocycles. The van der Waals surface area contributed by atoms with Gasteiger partial charge in [-0.15, -0.1) is 10.2 Å². The molecule has 0 amide bonds. The summed E-state index contributed by atoms with van der Waals surface area (Å²) in [5.41, 5.74) is 0.870. The molecule has 4 rings (SSSR count). The van der Waals surface area contributed by atoms with Crippen LogP contribution in [0.4, 0.5) is 0 Å². The predicted molar refractivity (Wildman–Crippen MR) is 81.4 cm³/mol. The topological polar surface area (TPSA) is 69.9 Å². The Morgan fingerprint density at radius 2 is 2.23 bits per heavy atom. The van der Waals surface area contributed by atoms with Gasteiger partial charge in [-0.05, 0) is 31.9 Å². The molecule has 114 valence electrons. The SMILES string of the molecule is CCn1c(SCc2cc(-c3ccco3)on2)nnc1C1CC1. The molecule has 1 fully saturated rings. The molecule has 3 aromatic rings. The molecule has 0 radical (unpaired) electrons. The Balaban J connectivity index is 1.46. The molecular formula is C15H16N4O2S. The minimum Gasteiger partial charge on any atom is -0.461 e. The minimum absolute atomic E-state index is 0.611. The second kappa shape index (κ2) is 5.64. The van der Waals surface area contributed by atoms with Gasteiger partial charge in [0.2, 0.25) is 5.76 Å². The number of furan rings is 1. The zero-order chi connectivity index (χ0) is 14.9. The first-order chi connectivity index (χ1) is 10.8. The first-order valence-electron chi connectivity index (χ1n) is 7.40. The maximum atomic E-state index is 5.31. The number of hydrogen-bond acceptors (Lipinski definition) is 6. The summed E-state index contributed by atoms with van der Waals surface area (Å²) in [5.74, 6) is 3.78. The van der Waals surface area contributed by atoms with Gasteiger partial charge < -0.3 is 13.5 Å². The van der Waals surface area contributed by atoms with E-state index in [0.29, 0.717) is 23.2 Å². The van der Waals surface area contributed by atoms with Gasteiger partial charge >= 0.3 is 0 Å². The molecule has 0 N–H and O–H groups in total. The average Bonchev–Trinajstić information content (AvgIpc) is 3.00. The van der Waals surface area contributed by atoms with E-state index in [0.717, 1.165) is 23.2 Å². The third-order valence-electron chi connectivity index (χ3n) is 3.68. The van der Waals surface area contributed by atoms with Crippen LogP contribution in [0.15, 0.2) is 38.6 Å². The summed E-state index contributed by atoms with van der Waals surface area (Å²) >= 11 is 1.64. The maximum absolute atomic E-state index is 5.31. The van der Waals surface area contributed by atoms with Crippen molar-refractivity contribution in [2.75, 3.05) is 0 Å². The van der Waals surface area contributed by atoms with Crippen LogP contribution in [0.1, 0.15) is 37.2 Å². The Kier molecular flexibility index (Phi) is 3.49. The zero-order valence-corrected chi connectivity index (χ0v) is 13.0. The van der Waals surface area contributed by atoms with Gasteiger partial charge in [-0.3, -0.25) is 0 Å². The van der Waals surface area contributed by atoms with Gasteiger partial charge in [0.05, 0.1) is 12.0 Å². The van der Waals surface area contributed by atoms with Crippen molar-refractivity contribution in [3.63, 3.8) is 0 Å². The van der Waals surface area contributed by atoms with E-state index in [1.54, 1.807) is 18.0 Å². The summed E-state index contributed by atoms with van der Waals surface area (Å²) in [6, 6.07) is 5.59. The van der Waals surface area contributed by atoms with Crippen molar-refractivity contribution in [1.29, 1.82) is 0 Å². The Morgan fingerprint density at radius 1 is 1.32 bits per heavy atom. The van der Waals surface area contributed by atoms with Gasteiger partial charge in [0, 0.05) is 24.3 Å². The van der Waals surface area contributed by atoms with Crippen LogP contribution in [0.25, 0.3) is 11.5 Å². The highest BCUT2D eigenvalue weighted by Crippen LogP contribution is 2.40. The molecule has 1 aliphatic carbocycles. The molecule has 22 heavy (non-hydrogen) atoms. The number of hydrogen-bond donors (Lipinski definition) is 0. The molecule has 0 aliphatic heterocycles. The summed E-state index contributed by atoms with van der Waals surface area (Å²) < 4.78 is 12.8. The largest absolute Gasteiger partial charge is 0.461 e. The third-order valence-corrected chi connectivity index (χ3v) is 4.68. The molecule has 6 nitrogen and oxygen atoms in total. The van der Waals surface area contributed by atoms with E-state index in [2.05, 4.69) is 26.8 Å². The fraction of sp³-hybridized carbons (Fsp3) is 0.400. The molecule has 7 heteroatoms. The van der Waals surface area contributed by atoms with Crippen LogP contribution in [-0.2, 0) is 12.3 Å². The Bertz CT molecular complexity index is 758. The van der Waals surface area contributed by atoms with Crippen molar-refractivity contribution in [3.05, 3.63) is 36.0 Å². The number of rotatable bonds is 6. The van der Waals surface area contributed by atoms with E-state index in [-0.39, 0.29) is 0 Å². The summed E-state index contributed by atoms with van der Waals surface area (Å²) in [6.45, 7) is 3.03. The lowest BCUT2D eigenvalue weighted by Crippen LogP contribution is -2.01. The first-order valence-corrected chi connectivity index (χ1v) is 8.39. The van der Waals surface area contributed by atoms with E-state index >= 15 is 0 Å². The van der Waals surface area contributed by atoms with Gasteiger partial charge in [0.25, 0.3) is 0 Å². The average molecular weight is 316 g/mol. The Morgan fingerprint density at radius 3 is 2.95 bits per heavy atom. The minimum atomic E-state index is 0.611. The van der Waals surface area contributed by atoms with E-state index in [4.69, 9.17) is 8.94 Å². The van der Waals surface area contributed by atoms with Gasteiger partial charge in [-0.1, -0.05) is 16.9 Å². The monoisotopic (exact) mass is 316 g/mol. The van der Waals surface area contributed by atoms with Gasteiger partial charge in [-0.2, -0.15) is 0 Å². The smallest absolute Gasteiger partial charge is 0.202 e. The molecule has 0 saturated heterocycles. The standard InChI is InChI=1S/C15H16N4O2S/c1-2-19-14(10-5-6-10)16-17-15(19)22-9-11-8-13(21-18-11)12-4-3-7-20-12/h3-4,7-8,10H,2,5-6,9H2,1H3. The third kappa shape index (κ3) is 2.56. The van der Waals surface area contributed by atoms with E-state index < -0.39 is 0 Å². The number of nitrogens with zero attached hydrogens (tertiary/aromatic N) is 4. The highest BCUT2D eigenvalue weighted by atomic mass is 32.2. The van der Waals surface area contributed by atoms with E-state index in [1.165, 1.54) is 12.8 Å². The van der Waals surface area contributed by atoms with E-state index in [9.17, 15) is 0 Å². The molecule has 3 heterocycles. The molecule has 0 aromatic carbocycles. The highest BCUT2D eigenvalue weighted by molar-refractivity contribution is 7.98. The predicted octanol–water partition coefficient (Wildman–Crippen LogP) is 3.72. The van der Waals surface area contributed by atoms with Crippen LogP contribution in [-0.4, -0.2) is 19.9 Å². The Labute approximate surface area is 131 Å². The Hall–Kier alpha value is -2.02. The van der Waals surface area contributed by atoms with Gasteiger partial charge in [0.15, 0.2) is 10.9 Å². The summed E-state index contributed by atoms with van der Waals surface area (Å²) in [6.07, 6.45) is 4.09. The van der Waals surface area contributed by atoms with Crippen molar-refractivity contribution in [3.8, 4) is 11.5 Å². The quantitative estimate of drug-likeness (QED) is 0.646. The highest BCUT2D eigenvalue weighted by Gasteiger charge is 2.30. The summed E-state index contributed by atoms with van der Waals surface area (Å²) in [7, 11) is 0. The molecule has 3 aromatic heterocycles. The van der Waals surface area contributed by atoms with E-state index in [1.807, 2.05) is 18.2 Å². The maximum Gasteiger partial charge on any atom is 0.202 e. The fourth-order valence-electron chi connectivity index (χ4n) is 2.40. The molecule has 0 bridgehead atoms. The van der Waals surface area contributed by atoms with Gasteiger partial charge in [0.1, 0.15) is 5.82 Å². The zero-order valence-electron chi connectivity index (χ0n) is 12.2. The van der Waals surface area contributed by atoms with Crippen molar-refractivity contribution in [2.24, 2.45) is 0 Å². The van der Waals surface area contributed by atoms with Crippen LogP contribution >= 0.6 is 11.8 Å². The lowest BCUT2D eigenvalue weighted by atomic mass is 10.3. The molecular weight excluding hydrogens is 300 g/mol. The summed E-state index contributed by atoms with van der Waals surface area (Å²) in [4.78, 5) is 0. The van der Waals surface area contributed by atoms with Gasteiger partial charge in [-0.25, -0.2) is 0 Å². The van der Waals surface area contributed by atoms with Crippen molar-refractivity contribution >= 4 is 11.8 Å². The molecule has 0 spiro atoms. The lowest BCUT2D eigenvalue weighted by Gasteiger charge is -2.05. The molecule has 0 atom stereocenters. The van der Waals surface area contributed by atoms with Crippen LogP contribution in [0.2, 0.25) is 0 Å². The summed E-state index contributed by atoms with van der Waals surface area (Å²) in [5, 5.41) is 13.7. The number of thioether (sulfide) groups is 1.